The summed E-state index contributed by atoms with van der Waals surface area (Å²) in [4.78, 5) is 12.2. The van der Waals surface area contributed by atoms with E-state index in [1.54, 1.807) is 31.2 Å². The molecule has 5 nitrogen and oxygen atoms in total. The molecule has 0 saturated carbocycles. The summed E-state index contributed by atoms with van der Waals surface area (Å²) < 4.78 is 25.2. The van der Waals surface area contributed by atoms with E-state index in [1.165, 1.54) is 0 Å². The quantitative estimate of drug-likeness (QED) is 0.825. The van der Waals surface area contributed by atoms with Crippen molar-refractivity contribution >= 4 is 33.2 Å². The lowest BCUT2D eigenvalue weighted by molar-refractivity contribution is -0.121. The van der Waals surface area contributed by atoms with Gasteiger partial charge in [-0.25, -0.2) is 8.42 Å². The number of nitrogens with one attached hydrogen (secondary N) is 1. The lowest BCUT2D eigenvalue weighted by Crippen LogP contribution is -2.48. The number of benzene rings is 1. The van der Waals surface area contributed by atoms with E-state index in [9.17, 15) is 13.2 Å². The summed E-state index contributed by atoms with van der Waals surface area (Å²) in [5.41, 5.74) is 0.415. The number of hydrogen-bond donors (Lipinski definition) is 1. The molecule has 0 bridgehead atoms. The van der Waals surface area contributed by atoms with Gasteiger partial charge >= 0.3 is 0 Å². The third-order valence-corrected chi connectivity index (χ3v) is 4.68. The van der Waals surface area contributed by atoms with Crippen LogP contribution in [0.25, 0.3) is 0 Å². The van der Waals surface area contributed by atoms with Crippen molar-refractivity contribution in [2.45, 2.75) is 33.2 Å². The second-order valence-electron chi connectivity index (χ2n) is 5.68. The fraction of sp³-hybridized carbons (Fsp3) is 0.533. The van der Waals surface area contributed by atoms with Crippen LogP contribution in [-0.2, 0) is 14.8 Å². The lowest BCUT2D eigenvalue weighted by Gasteiger charge is -2.28. The molecule has 1 aromatic carbocycles. The monoisotopic (exact) mass is 346 g/mol. The normalized spacial score (nSPS) is 13.0. The number of amides is 1. The Morgan fingerprint density at radius 3 is 2.23 bits per heavy atom. The Hall–Kier alpha value is -1.27. The fourth-order valence-electron chi connectivity index (χ4n) is 2.03. The molecule has 0 fully saturated rings. The molecule has 0 aromatic heterocycles. The smallest absolute Gasteiger partial charge is 0.243 e. The highest BCUT2D eigenvalue weighted by Gasteiger charge is 2.28. The molecule has 1 rings (SSSR count). The molecule has 0 aliphatic heterocycles. The van der Waals surface area contributed by atoms with Crippen molar-refractivity contribution in [3.8, 4) is 0 Å². The van der Waals surface area contributed by atoms with Crippen LogP contribution in [0.3, 0.4) is 0 Å². The number of sulfonamides is 1. The molecule has 1 atom stereocenters. The van der Waals surface area contributed by atoms with Crippen molar-refractivity contribution in [2.75, 3.05) is 17.1 Å². The van der Waals surface area contributed by atoms with Gasteiger partial charge in [-0.15, -0.1) is 0 Å². The minimum absolute atomic E-state index is 0.318. The van der Waals surface area contributed by atoms with Crippen molar-refractivity contribution in [2.24, 2.45) is 5.92 Å². The number of anilines is 1. The molecule has 0 aliphatic carbocycles. The molecule has 0 heterocycles. The molecule has 124 valence electrons. The minimum atomic E-state index is -3.59. The molecule has 0 radical (unpaired) electrons. The number of rotatable bonds is 7. The minimum Gasteiger partial charge on any atom is -0.354 e. The molecule has 22 heavy (non-hydrogen) atoms. The van der Waals surface area contributed by atoms with E-state index in [4.69, 9.17) is 11.6 Å². The van der Waals surface area contributed by atoms with Crippen LogP contribution in [-0.4, -0.2) is 33.2 Å². The Kier molecular flexibility index (Phi) is 6.68. The average Bonchev–Trinajstić information content (AvgIpc) is 2.39. The van der Waals surface area contributed by atoms with Gasteiger partial charge in [-0.05, 0) is 43.5 Å². The Bertz CT molecular complexity index is 600. The predicted molar refractivity (Wildman–Crippen MR) is 90.7 cm³/mol. The number of carbonyl (C=O) groups excluding carboxylic acids is 1. The van der Waals surface area contributed by atoms with Crippen molar-refractivity contribution in [1.29, 1.82) is 0 Å². The molecular formula is C15H23ClN2O3S. The zero-order chi connectivity index (χ0) is 16.9. The van der Waals surface area contributed by atoms with Crippen LogP contribution in [0.5, 0.6) is 0 Å². The summed E-state index contributed by atoms with van der Waals surface area (Å²) in [6, 6.07) is 5.53. The van der Waals surface area contributed by atoms with E-state index in [2.05, 4.69) is 19.2 Å². The van der Waals surface area contributed by atoms with Crippen molar-refractivity contribution in [1.82, 2.24) is 5.32 Å². The highest BCUT2D eigenvalue weighted by Crippen LogP contribution is 2.22. The van der Waals surface area contributed by atoms with Gasteiger partial charge in [-0.1, -0.05) is 25.4 Å². The number of halogens is 1. The third kappa shape index (κ3) is 5.50. The second kappa shape index (κ2) is 7.83. The molecule has 1 amide bonds. The Morgan fingerprint density at radius 2 is 1.77 bits per heavy atom. The average molecular weight is 347 g/mol. The molecule has 0 unspecified atom stereocenters. The van der Waals surface area contributed by atoms with Gasteiger partial charge < -0.3 is 5.32 Å². The third-order valence-electron chi connectivity index (χ3n) is 3.19. The maximum Gasteiger partial charge on any atom is 0.243 e. The van der Waals surface area contributed by atoms with E-state index < -0.39 is 16.1 Å². The Balaban J connectivity index is 2.93. The first-order valence-corrected chi connectivity index (χ1v) is 9.38. The van der Waals surface area contributed by atoms with Gasteiger partial charge in [0.2, 0.25) is 15.9 Å². The van der Waals surface area contributed by atoms with Crippen LogP contribution in [0.15, 0.2) is 24.3 Å². The van der Waals surface area contributed by atoms with Crippen LogP contribution in [0.1, 0.15) is 27.2 Å². The van der Waals surface area contributed by atoms with E-state index in [-0.39, 0.29) is 5.91 Å². The number of carbonyl (C=O) groups is 1. The van der Waals surface area contributed by atoms with Gasteiger partial charge in [0.15, 0.2) is 0 Å². The summed E-state index contributed by atoms with van der Waals surface area (Å²) in [5.74, 6) is 0.152. The highest BCUT2D eigenvalue weighted by atomic mass is 35.5. The second-order valence-corrected chi connectivity index (χ2v) is 7.98. The standard InChI is InChI=1S/C15H23ClN2O3S/c1-11(2)9-10-17-15(19)12(3)18(22(4,20)21)14-7-5-13(16)6-8-14/h5-8,11-12H,9-10H2,1-4H3,(H,17,19)/t12-/m1/s1. The first kappa shape index (κ1) is 18.8. The summed E-state index contributed by atoms with van der Waals surface area (Å²) in [5, 5.41) is 3.28. The van der Waals surface area contributed by atoms with Gasteiger partial charge in [0.1, 0.15) is 6.04 Å². The molecule has 0 saturated heterocycles. The summed E-state index contributed by atoms with van der Waals surface area (Å²) in [6.07, 6.45) is 1.93. The molecule has 0 spiro atoms. The highest BCUT2D eigenvalue weighted by molar-refractivity contribution is 7.92. The fourth-order valence-corrected chi connectivity index (χ4v) is 3.33. The molecular weight excluding hydrogens is 324 g/mol. The van der Waals surface area contributed by atoms with Crippen LogP contribution >= 0.6 is 11.6 Å². The largest absolute Gasteiger partial charge is 0.354 e. The maximum atomic E-state index is 12.2. The zero-order valence-corrected chi connectivity index (χ0v) is 14.9. The van der Waals surface area contributed by atoms with Crippen molar-refractivity contribution in [3.63, 3.8) is 0 Å². The molecule has 1 aromatic rings. The summed E-state index contributed by atoms with van der Waals surface area (Å²) in [7, 11) is -3.59. The maximum absolute atomic E-state index is 12.2. The molecule has 1 N–H and O–H groups in total. The zero-order valence-electron chi connectivity index (χ0n) is 13.3. The summed E-state index contributed by atoms with van der Waals surface area (Å²) >= 11 is 5.82. The van der Waals surface area contributed by atoms with E-state index in [1.807, 2.05) is 0 Å². The van der Waals surface area contributed by atoms with E-state index in [0.717, 1.165) is 17.0 Å². The van der Waals surface area contributed by atoms with Gasteiger partial charge in [-0.2, -0.15) is 0 Å². The summed E-state index contributed by atoms with van der Waals surface area (Å²) in [6.45, 7) is 6.22. The van der Waals surface area contributed by atoms with Crippen LogP contribution in [0.4, 0.5) is 5.69 Å². The van der Waals surface area contributed by atoms with Gasteiger partial charge in [-0.3, -0.25) is 9.10 Å². The predicted octanol–water partition coefficient (Wildman–Crippen LogP) is 2.66. The van der Waals surface area contributed by atoms with Gasteiger partial charge in [0.25, 0.3) is 0 Å². The van der Waals surface area contributed by atoms with Crippen molar-refractivity contribution < 1.29 is 13.2 Å². The number of hydrogen-bond acceptors (Lipinski definition) is 3. The van der Waals surface area contributed by atoms with E-state index in [0.29, 0.717) is 23.2 Å². The van der Waals surface area contributed by atoms with Gasteiger partial charge in [0.05, 0.1) is 11.9 Å². The number of nitrogens with zero attached hydrogens (tertiary/aromatic N) is 1. The first-order chi connectivity index (χ1) is 10.1. The van der Waals surface area contributed by atoms with E-state index >= 15 is 0 Å². The van der Waals surface area contributed by atoms with Crippen molar-refractivity contribution in [3.05, 3.63) is 29.3 Å². The molecule has 7 heteroatoms. The van der Waals surface area contributed by atoms with Gasteiger partial charge in [0, 0.05) is 11.6 Å². The molecule has 0 aliphatic rings. The Morgan fingerprint density at radius 1 is 1.23 bits per heavy atom. The lowest BCUT2D eigenvalue weighted by atomic mass is 10.1. The van der Waals surface area contributed by atoms with Crippen LogP contribution in [0, 0.1) is 5.92 Å². The van der Waals surface area contributed by atoms with Crippen LogP contribution in [0.2, 0.25) is 5.02 Å². The SMILES string of the molecule is CC(C)CCNC(=O)[C@@H](C)N(c1ccc(Cl)cc1)S(C)(=O)=O. The Labute approximate surface area is 137 Å². The van der Waals surface area contributed by atoms with Crippen LogP contribution < -0.4 is 9.62 Å². The first-order valence-electron chi connectivity index (χ1n) is 7.15. The topological polar surface area (TPSA) is 66.5 Å².